The van der Waals surface area contributed by atoms with Gasteiger partial charge in [0.25, 0.3) is 5.91 Å². The van der Waals surface area contributed by atoms with Crippen LogP contribution in [-0.2, 0) is 9.59 Å². The van der Waals surface area contributed by atoms with Crippen molar-refractivity contribution < 1.29 is 19.1 Å². The molecule has 6 nitrogen and oxygen atoms in total. The molecule has 2 aliphatic heterocycles. The molecule has 3 rings (SSSR count). The minimum atomic E-state index is -0.148. The first kappa shape index (κ1) is 18.4. The molecule has 1 aromatic rings. The average molecular weight is 358 g/mol. The summed E-state index contributed by atoms with van der Waals surface area (Å²) in [5.74, 6) is 1.41. The molecule has 0 aliphatic carbocycles. The van der Waals surface area contributed by atoms with Crippen LogP contribution in [0.2, 0.25) is 0 Å². The number of piperidine rings is 1. The molecule has 2 amide bonds. The number of anilines is 1. The molecular formula is C20H26N2O4. The van der Waals surface area contributed by atoms with Crippen LogP contribution in [0, 0.1) is 11.8 Å². The van der Waals surface area contributed by atoms with Gasteiger partial charge >= 0.3 is 0 Å². The molecule has 1 fully saturated rings. The Balaban J connectivity index is 1.62. The first-order valence-corrected chi connectivity index (χ1v) is 9.19. The Morgan fingerprint density at radius 2 is 1.85 bits per heavy atom. The fourth-order valence-corrected chi connectivity index (χ4v) is 3.84. The molecule has 2 atom stereocenters. The predicted octanol–water partition coefficient (Wildman–Crippen LogP) is 2.51. The number of benzene rings is 1. The van der Waals surface area contributed by atoms with E-state index in [9.17, 15) is 14.4 Å². The topological polar surface area (TPSA) is 66.9 Å². The van der Waals surface area contributed by atoms with Crippen molar-refractivity contribution >= 4 is 23.3 Å². The Labute approximate surface area is 154 Å². The number of ether oxygens (including phenoxy) is 1. The fraction of sp³-hybridized carbons (Fsp3) is 0.550. The van der Waals surface area contributed by atoms with Crippen molar-refractivity contribution in [2.24, 2.45) is 11.8 Å². The summed E-state index contributed by atoms with van der Waals surface area (Å²) in [7, 11) is 1.67. The average Bonchev–Trinajstić information content (AvgIpc) is 2.61. The number of ketones is 1. The van der Waals surface area contributed by atoms with Crippen LogP contribution in [0.3, 0.4) is 0 Å². The maximum atomic E-state index is 12.5. The minimum Gasteiger partial charge on any atom is -0.482 e. The summed E-state index contributed by atoms with van der Waals surface area (Å²) in [5, 5.41) is 0. The number of hydrogen-bond acceptors (Lipinski definition) is 4. The molecule has 140 valence electrons. The molecule has 0 N–H and O–H groups in total. The zero-order valence-corrected chi connectivity index (χ0v) is 15.7. The van der Waals surface area contributed by atoms with E-state index in [1.54, 1.807) is 25.2 Å². The van der Waals surface area contributed by atoms with Crippen LogP contribution >= 0.6 is 0 Å². The number of likely N-dealkylation sites (N-methyl/N-ethyl adjacent to an activating group) is 1. The summed E-state index contributed by atoms with van der Waals surface area (Å²) >= 11 is 0. The lowest BCUT2D eigenvalue weighted by Crippen LogP contribution is -2.42. The van der Waals surface area contributed by atoms with Gasteiger partial charge in [0.05, 0.1) is 5.69 Å². The molecular weight excluding hydrogens is 332 g/mol. The summed E-state index contributed by atoms with van der Waals surface area (Å²) in [4.78, 5) is 40.1. The van der Waals surface area contributed by atoms with Crippen molar-refractivity contribution in [3.63, 3.8) is 0 Å². The molecule has 26 heavy (non-hydrogen) atoms. The Morgan fingerprint density at radius 1 is 1.15 bits per heavy atom. The van der Waals surface area contributed by atoms with Gasteiger partial charge in [-0.15, -0.1) is 0 Å². The number of Topliss-reactive ketones (excluding diaryl/α,β-unsaturated/α-hetero) is 1. The molecule has 1 saturated heterocycles. The third-order valence-corrected chi connectivity index (χ3v) is 5.16. The first-order chi connectivity index (χ1) is 12.3. The highest BCUT2D eigenvalue weighted by Gasteiger charge is 2.26. The third kappa shape index (κ3) is 3.89. The number of carbonyl (C=O) groups excluding carboxylic acids is 3. The van der Waals surface area contributed by atoms with E-state index in [2.05, 4.69) is 13.8 Å². The van der Waals surface area contributed by atoms with Gasteiger partial charge in [-0.3, -0.25) is 14.4 Å². The monoisotopic (exact) mass is 358 g/mol. The third-order valence-electron chi connectivity index (χ3n) is 5.16. The van der Waals surface area contributed by atoms with E-state index in [0.29, 0.717) is 28.8 Å². The van der Waals surface area contributed by atoms with E-state index in [1.165, 1.54) is 4.90 Å². The maximum absolute atomic E-state index is 12.5. The highest BCUT2D eigenvalue weighted by molar-refractivity contribution is 6.02. The second kappa shape index (κ2) is 7.48. The second-order valence-corrected chi connectivity index (χ2v) is 7.59. The SMILES string of the molecule is CC1CC(C)CN(C(=O)CCC(=O)c2ccc3c(c2)N(C)C(=O)CO3)C1. The van der Waals surface area contributed by atoms with Gasteiger partial charge in [-0.25, -0.2) is 0 Å². The highest BCUT2D eigenvalue weighted by atomic mass is 16.5. The van der Waals surface area contributed by atoms with Gasteiger partial charge in [-0.2, -0.15) is 0 Å². The number of hydrogen-bond donors (Lipinski definition) is 0. The Hall–Kier alpha value is -2.37. The number of amides is 2. The van der Waals surface area contributed by atoms with Crippen molar-refractivity contribution in [3.8, 4) is 5.75 Å². The summed E-state index contributed by atoms with van der Waals surface area (Å²) in [6.45, 7) is 5.89. The summed E-state index contributed by atoms with van der Waals surface area (Å²) in [5.41, 5.74) is 1.10. The van der Waals surface area contributed by atoms with Crippen LogP contribution in [0.25, 0.3) is 0 Å². The summed E-state index contributed by atoms with van der Waals surface area (Å²) < 4.78 is 5.38. The largest absolute Gasteiger partial charge is 0.482 e. The van der Waals surface area contributed by atoms with Crippen LogP contribution in [0.1, 0.15) is 43.5 Å². The van der Waals surface area contributed by atoms with E-state index in [-0.39, 0.29) is 37.0 Å². The van der Waals surface area contributed by atoms with Crippen molar-refractivity contribution in [2.75, 3.05) is 31.6 Å². The Bertz CT molecular complexity index is 721. The minimum absolute atomic E-state index is 0.0119. The molecule has 1 aromatic carbocycles. The van der Waals surface area contributed by atoms with Gasteiger partial charge in [0.1, 0.15) is 5.75 Å². The zero-order chi connectivity index (χ0) is 18.8. The lowest BCUT2D eigenvalue weighted by Gasteiger charge is -2.35. The quantitative estimate of drug-likeness (QED) is 0.776. The van der Waals surface area contributed by atoms with Crippen molar-refractivity contribution in [3.05, 3.63) is 23.8 Å². The molecule has 6 heteroatoms. The number of likely N-dealkylation sites (tertiary alicyclic amines) is 1. The number of carbonyl (C=O) groups is 3. The molecule has 2 heterocycles. The van der Waals surface area contributed by atoms with Crippen molar-refractivity contribution in [2.45, 2.75) is 33.1 Å². The highest BCUT2D eigenvalue weighted by Crippen LogP contribution is 2.32. The zero-order valence-electron chi connectivity index (χ0n) is 15.7. The normalized spacial score (nSPS) is 22.7. The second-order valence-electron chi connectivity index (χ2n) is 7.59. The summed E-state index contributed by atoms with van der Waals surface area (Å²) in [6, 6.07) is 5.08. The fourth-order valence-electron chi connectivity index (χ4n) is 3.84. The molecule has 0 radical (unpaired) electrons. The number of fused-ring (bicyclic) bond motifs is 1. The summed E-state index contributed by atoms with van der Waals surface area (Å²) in [6.07, 6.45) is 1.54. The van der Waals surface area contributed by atoms with Gasteiger partial charge in [0.15, 0.2) is 12.4 Å². The standard InChI is InChI=1S/C20H26N2O4/c1-13-8-14(2)11-22(10-13)19(24)7-5-17(23)15-4-6-18-16(9-15)21(3)20(25)12-26-18/h4,6,9,13-14H,5,7-8,10-12H2,1-3H3. The van der Waals surface area contributed by atoms with E-state index in [0.717, 1.165) is 19.5 Å². The van der Waals surface area contributed by atoms with E-state index in [4.69, 9.17) is 4.74 Å². The van der Waals surface area contributed by atoms with E-state index in [1.807, 2.05) is 4.90 Å². The number of nitrogens with zero attached hydrogens (tertiary/aromatic N) is 2. The van der Waals surface area contributed by atoms with Crippen LogP contribution in [0.5, 0.6) is 5.75 Å². The van der Waals surface area contributed by atoms with Gasteiger partial charge in [0, 0.05) is 38.5 Å². The van der Waals surface area contributed by atoms with E-state index >= 15 is 0 Å². The van der Waals surface area contributed by atoms with Gasteiger partial charge in [0.2, 0.25) is 5.91 Å². The first-order valence-electron chi connectivity index (χ1n) is 9.19. The van der Waals surface area contributed by atoms with Gasteiger partial charge < -0.3 is 14.5 Å². The lowest BCUT2D eigenvalue weighted by atomic mass is 9.91. The lowest BCUT2D eigenvalue weighted by molar-refractivity contribution is -0.133. The van der Waals surface area contributed by atoms with Crippen LogP contribution in [-0.4, -0.2) is 49.2 Å². The van der Waals surface area contributed by atoms with Crippen LogP contribution < -0.4 is 9.64 Å². The molecule has 0 spiro atoms. The molecule has 0 bridgehead atoms. The Morgan fingerprint density at radius 3 is 2.54 bits per heavy atom. The molecule has 2 unspecified atom stereocenters. The van der Waals surface area contributed by atoms with Crippen molar-refractivity contribution in [1.82, 2.24) is 4.90 Å². The predicted molar refractivity (Wildman–Crippen MR) is 98.4 cm³/mol. The van der Waals surface area contributed by atoms with Crippen LogP contribution in [0.4, 0.5) is 5.69 Å². The van der Waals surface area contributed by atoms with Gasteiger partial charge in [-0.1, -0.05) is 13.8 Å². The van der Waals surface area contributed by atoms with Crippen molar-refractivity contribution in [1.29, 1.82) is 0 Å². The van der Waals surface area contributed by atoms with E-state index < -0.39 is 0 Å². The molecule has 0 aromatic heterocycles. The smallest absolute Gasteiger partial charge is 0.264 e. The van der Waals surface area contributed by atoms with Crippen LogP contribution in [0.15, 0.2) is 18.2 Å². The number of rotatable bonds is 4. The maximum Gasteiger partial charge on any atom is 0.264 e. The molecule has 0 saturated carbocycles. The molecule has 2 aliphatic rings. The van der Waals surface area contributed by atoms with Gasteiger partial charge in [-0.05, 0) is 36.5 Å². The Kier molecular flexibility index (Phi) is 5.30.